The molecule has 2 aromatic rings. The number of rotatable bonds is 3. The van der Waals surface area contributed by atoms with Gasteiger partial charge in [-0.3, -0.25) is 14.8 Å². The molecule has 8 heteroatoms. The zero-order valence-corrected chi connectivity index (χ0v) is 13.0. The minimum absolute atomic E-state index is 0.0637. The number of halogens is 2. The molecule has 0 spiro atoms. The van der Waals surface area contributed by atoms with Gasteiger partial charge in [-0.15, -0.1) is 0 Å². The van der Waals surface area contributed by atoms with Gasteiger partial charge in [-0.05, 0) is 36.4 Å². The molecule has 1 heterocycles. The molecular weight excluding hydrogens is 339 g/mol. The van der Waals surface area contributed by atoms with Crippen LogP contribution >= 0.6 is 11.6 Å². The smallest absolute Gasteiger partial charge is 0.274 e. The fourth-order valence-corrected chi connectivity index (χ4v) is 2.61. The quantitative estimate of drug-likeness (QED) is 0.658. The number of carbonyl (C=O) groups excluding carboxylic acids is 2. The fourth-order valence-electron chi connectivity index (χ4n) is 2.42. The number of hydrogen-bond acceptors (Lipinski definition) is 4. The monoisotopic (exact) mass is 350 g/mol. The van der Waals surface area contributed by atoms with Crippen molar-refractivity contribution >= 4 is 29.1 Å². The van der Waals surface area contributed by atoms with Crippen molar-refractivity contribution in [3.8, 4) is 5.75 Å². The van der Waals surface area contributed by atoms with Crippen molar-refractivity contribution < 1.29 is 23.9 Å². The number of hydrogen-bond donors (Lipinski definition) is 2. The number of ether oxygens (including phenoxy) is 1. The molecule has 0 radical (unpaired) electrons. The van der Waals surface area contributed by atoms with Crippen LogP contribution < -0.4 is 15.1 Å². The molecule has 0 aliphatic carbocycles. The first-order valence-electron chi connectivity index (χ1n) is 6.95. The van der Waals surface area contributed by atoms with Crippen LogP contribution in [0.2, 0.25) is 5.02 Å². The van der Waals surface area contributed by atoms with Gasteiger partial charge in [-0.25, -0.2) is 9.87 Å². The fraction of sp³-hybridized carbons (Fsp3) is 0.125. The maximum atomic E-state index is 14.0. The number of anilines is 1. The van der Waals surface area contributed by atoms with Crippen LogP contribution in [0.25, 0.3) is 0 Å². The molecular formula is C16H12ClFN2O4. The lowest BCUT2D eigenvalue weighted by Gasteiger charge is -2.30. The second-order valence-electron chi connectivity index (χ2n) is 5.13. The second kappa shape index (κ2) is 6.46. The maximum absolute atomic E-state index is 14.0. The molecule has 2 amide bonds. The highest BCUT2D eigenvalue weighted by Gasteiger charge is 2.27. The van der Waals surface area contributed by atoms with Gasteiger partial charge in [-0.1, -0.05) is 11.6 Å². The van der Waals surface area contributed by atoms with Gasteiger partial charge in [0.25, 0.3) is 11.8 Å². The van der Waals surface area contributed by atoms with Crippen LogP contribution in [-0.4, -0.2) is 23.6 Å². The van der Waals surface area contributed by atoms with E-state index in [9.17, 15) is 14.0 Å². The van der Waals surface area contributed by atoms with Gasteiger partial charge in [-0.2, -0.15) is 0 Å². The van der Waals surface area contributed by atoms with Gasteiger partial charge in [0, 0.05) is 16.1 Å². The Kier molecular flexibility index (Phi) is 4.37. The first-order valence-corrected chi connectivity index (χ1v) is 7.33. The molecule has 124 valence electrons. The number of benzene rings is 2. The molecule has 3 rings (SSSR count). The summed E-state index contributed by atoms with van der Waals surface area (Å²) in [7, 11) is 0. The van der Waals surface area contributed by atoms with E-state index in [-0.39, 0.29) is 30.2 Å². The molecule has 2 N–H and O–H groups in total. The van der Waals surface area contributed by atoms with Gasteiger partial charge in [0.1, 0.15) is 11.6 Å². The molecule has 0 saturated carbocycles. The number of carbonyl (C=O) groups is 2. The van der Waals surface area contributed by atoms with Gasteiger partial charge < -0.3 is 9.64 Å². The van der Waals surface area contributed by atoms with Crippen molar-refractivity contribution in [2.45, 2.75) is 6.54 Å². The zero-order valence-electron chi connectivity index (χ0n) is 12.3. The Balaban J connectivity index is 2.01. The predicted octanol–water partition coefficient (Wildman–Crippen LogP) is 2.52. The van der Waals surface area contributed by atoms with Crippen LogP contribution in [0, 0.1) is 5.82 Å². The Morgan fingerprint density at radius 1 is 1.33 bits per heavy atom. The molecule has 6 nitrogen and oxygen atoms in total. The second-order valence-corrected chi connectivity index (χ2v) is 5.56. The summed E-state index contributed by atoms with van der Waals surface area (Å²) in [5.41, 5.74) is 2.20. The Morgan fingerprint density at radius 2 is 2.12 bits per heavy atom. The molecule has 0 unspecified atom stereocenters. The lowest BCUT2D eigenvalue weighted by Crippen LogP contribution is -2.38. The highest BCUT2D eigenvalue weighted by atomic mass is 35.5. The van der Waals surface area contributed by atoms with E-state index < -0.39 is 11.7 Å². The third-order valence-corrected chi connectivity index (χ3v) is 3.84. The molecule has 0 atom stereocenters. The Morgan fingerprint density at radius 3 is 2.88 bits per heavy atom. The minimum Gasteiger partial charge on any atom is -0.482 e. The number of fused-ring (bicyclic) bond motifs is 1. The third kappa shape index (κ3) is 3.04. The van der Waals surface area contributed by atoms with Crippen molar-refractivity contribution in [3.63, 3.8) is 0 Å². The molecule has 1 aliphatic heterocycles. The number of nitrogens with zero attached hydrogens (tertiary/aromatic N) is 1. The predicted molar refractivity (Wildman–Crippen MR) is 83.8 cm³/mol. The van der Waals surface area contributed by atoms with E-state index in [0.717, 1.165) is 0 Å². The first-order chi connectivity index (χ1) is 11.5. The molecule has 0 aromatic heterocycles. The van der Waals surface area contributed by atoms with Gasteiger partial charge in [0.15, 0.2) is 6.61 Å². The summed E-state index contributed by atoms with van der Waals surface area (Å²) >= 11 is 5.88. The summed E-state index contributed by atoms with van der Waals surface area (Å²) in [6, 6.07) is 8.41. The van der Waals surface area contributed by atoms with Gasteiger partial charge >= 0.3 is 0 Å². The third-order valence-electron chi connectivity index (χ3n) is 3.60. The lowest BCUT2D eigenvalue weighted by molar-refractivity contribution is -0.121. The van der Waals surface area contributed by atoms with Crippen LogP contribution in [0.3, 0.4) is 0 Å². The zero-order chi connectivity index (χ0) is 17.3. The summed E-state index contributed by atoms with van der Waals surface area (Å²) in [6.45, 7) is -0.257. The Labute approximate surface area is 141 Å². The van der Waals surface area contributed by atoms with Crippen molar-refractivity contribution in [1.82, 2.24) is 5.48 Å². The van der Waals surface area contributed by atoms with E-state index in [1.807, 2.05) is 0 Å². The van der Waals surface area contributed by atoms with E-state index in [2.05, 4.69) is 0 Å². The summed E-state index contributed by atoms with van der Waals surface area (Å²) in [6.07, 6.45) is 0. The van der Waals surface area contributed by atoms with E-state index in [1.165, 1.54) is 46.8 Å². The Bertz CT molecular complexity index is 828. The largest absolute Gasteiger partial charge is 0.482 e. The van der Waals surface area contributed by atoms with Gasteiger partial charge in [0.2, 0.25) is 0 Å². The highest BCUT2D eigenvalue weighted by molar-refractivity contribution is 6.30. The van der Waals surface area contributed by atoms with E-state index in [4.69, 9.17) is 21.5 Å². The van der Waals surface area contributed by atoms with Gasteiger partial charge in [0.05, 0.1) is 12.2 Å². The van der Waals surface area contributed by atoms with E-state index in [0.29, 0.717) is 16.5 Å². The average molecular weight is 351 g/mol. The van der Waals surface area contributed by atoms with Crippen molar-refractivity contribution in [2.24, 2.45) is 0 Å². The maximum Gasteiger partial charge on any atom is 0.274 e. The van der Waals surface area contributed by atoms with Crippen molar-refractivity contribution in [3.05, 3.63) is 58.4 Å². The van der Waals surface area contributed by atoms with E-state index >= 15 is 0 Å². The van der Waals surface area contributed by atoms with Crippen molar-refractivity contribution in [2.75, 3.05) is 11.5 Å². The Hall–Kier alpha value is -2.64. The van der Waals surface area contributed by atoms with E-state index in [1.54, 1.807) is 0 Å². The summed E-state index contributed by atoms with van der Waals surface area (Å²) < 4.78 is 19.3. The van der Waals surface area contributed by atoms with Crippen LogP contribution in [0.5, 0.6) is 5.75 Å². The van der Waals surface area contributed by atoms with Crippen LogP contribution in [0.4, 0.5) is 10.1 Å². The summed E-state index contributed by atoms with van der Waals surface area (Å²) in [5, 5.41) is 9.08. The molecule has 0 bridgehead atoms. The standard InChI is InChI=1S/C16H12ClFN2O4/c17-11-2-3-12(18)10(5-11)7-20-13-6-9(16(22)19-23)1-4-14(13)24-8-15(20)21/h1-6,23H,7-8H2,(H,19,22). The van der Waals surface area contributed by atoms with Crippen LogP contribution in [0.15, 0.2) is 36.4 Å². The number of amides is 2. The SMILES string of the molecule is O=C(NO)c1ccc2c(c1)N(Cc1cc(Cl)ccc1F)C(=O)CO2. The topological polar surface area (TPSA) is 78.9 Å². The highest BCUT2D eigenvalue weighted by Crippen LogP contribution is 2.34. The molecule has 0 saturated heterocycles. The van der Waals surface area contributed by atoms with Crippen molar-refractivity contribution in [1.29, 1.82) is 0 Å². The molecule has 24 heavy (non-hydrogen) atoms. The molecule has 1 aliphatic rings. The lowest BCUT2D eigenvalue weighted by atomic mass is 10.1. The number of nitrogens with one attached hydrogen (secondary N) is 1. The first kappa shape index (κ1) is 16.2. The normalized spacial score (nSPS) is 13.3. The summed E-state index contributed by atoms with van der Waals surface area (Å²) in [5.74, 6) is -1.23. The van der Waals surface area contributed by atoms with Crippen LogP contribution in [0.1, 0.15) is 15.9 Å². The minimum atomic E-state index is -0.732. The molecule has 0 fully saturated rings. The summed E-state index contributed by atoms with van der Waals surface area (Å²) in [4.78, 5) is 25.1. The average Bonchev–Trinajstić information content (AvgIpc) is 2.59. The van der Waals surface area contributed by atoms with Crippen LogP contribution in [-0.2, 0) is 11.3 Å². The number of hydroxylamine groups is 1. The molecule has 2 aromatic carbocycles.